The number of ether oxygens (including phenoxy) is 3. The zero-order chi connectivity index (χ0) is 23.4. The number of sulfonamides is 1. The van der Waals surface area contributed by atoms with Gasteiger partial charge in [0.15, 0.2) is 17.3 Å². The molecule has 2 heterocycles. The van der Waals surface area contributed by atoms with E-state index in [1.165, 1.54) is 31.6 Å². The summed E-state index contributed by atoms with van der Waals surface area (Å²) in [5.41, 5.74) is 0.488. The molecule has 3 aromatic rings. The summed E-state index contributed by atoms with van der Waals surface area (Å²) >= 11 is 12.1. The van der Waals surface area contributed by atoms with Crippen LogP contribution < -0.4 is 14.2 Å². The molecule has 0 bridgehead atoms. The quantitative estimate of drug-likeness (QED) is 0.489. The largest absolute Gasteiger partial charge is 0.493 e. The number of hydrogen-bond acceptors (Lipinski definition) is 8. The highest BCUT2D eigenvalue weighted by Gasteiger charge is 2.22. The number of morpholine rings is 1. The molecule has 12 heteroatoms. The van der Waals surface area contributed by atoms with E-state index in [4.69, 9.17) is 37.4 Å². The molecule has 9 nitrogen and oxygen atoms in total. The van der Waals surface area contributed by atoms with Crippen LogP contribution in [-0.2, 0) is 14.8 Å². The average molecular weight is 513 g/mol. The molecular weight excluding hydrogens is 491 g/mol. The predicted molar refractivity (Wildman–Crippen MR) is 126 cm³/mol. The molecule has 33 heavy (non-hydrogen) atoms. The second-order valence-electron chi connectivity index (χ2n) is 7.20. The minimum absolute atomic E-state index is 0.0708. The van der Waals surface area contributed by atoms with Crippen molar-refractivity contribution in [2.24, 2.45) is 0 Å². The smallest absolute Gasteiger partial charge is 0.264 e. The number of halogens is 2. The van der Waals surface area contributed by atoms with Crippen molar-refractivity contribution in [1.82, 2.24) is 14.9 Å². The molecule has 0 unspecified atom stereocenters. The van der Waals surface area contributed by atoms with E-state index in [2.05, 4.69) is 19.6 Å². The zero-order valence-corrected chi connectivity index (χ0v) is 20.1. The van der Waals surface area contributed by atoms with E-state index in [1.54, 1.807) is 12.1 Å². The van der Waals surface area contributed by atoms with Crippen LogP contribution in [0.1, 0.15) is 0 Å². The summed E-state index contributed by atoms with van der Waals surface area (Å²) in [6.07, 6.45) is 1.27. The molecule has 0 aliphatic carbocycles. The van der Waals surface area contributed by atoms with Gasteiger partial charge in [0, 0.05) is 31.1 Å². The molecular formula is C21H22Cl2N4O5S. The van der Waals surface area contributed by atoms with E-state index in [0.717, 1.165) is 32.8 Å². The van der Waals surface area contributed by atoms with Crippen LogP contribution in [0.2, 0.25) is 10.0 Å². The maximum Gasteiger partial charge on any atom is 0.264 e. The third-order valence-electron chi connectivity index (χ3n) is 5.13. The molecule has 1 aliphatic heterocycles. The fourth-order valence-corrected chi connectivity index (χ4v) is 5.19. The SMILES string of the molecule is COc1cc2c(NS(=O)(=O)c3cccc(Cl)c3Cl)ncnc2cc1OCCN1CCOCC1. The number of benzene rings is 2. The number of hydrogen-bond donors (Lipinski definition) is 1. The highest BCUT2D eigenvalue weighted by molar-refractivity contribution is 7.92. The van der Waals surface area contributed by atoms with Gasteiger partial charge in [-0.15, -0.1) is 0 Å². The Kier molecular flexibility index (Phi) is 7.40. The maximum atomic E-state index is 12.9. The number of rotatable bonds is 8. The lowest BCUT2D eigenvalue weighted by molar-refractivity contribution is 0.0321. The van der Waals surface area contributed by atoms with Crippen molar-refractivity contribution >= 4 is 49.9 Å². The van der Waals surface area contributed by atoms with Gasteiger partial charge in [0.1, 0.15) is 17.8 Å². The Hall–Kier alpha value is -2.37. The minimum atomic E-state index is -4.06. The summed E-state index contributed by atoms with van der Waals surface area (Å²) in [7, 11) is -2.55. The molecule has 0 saturated carbocycles. The molecule has 4 rings (SSSR count). The molecule has 0 radical (unpaired) electrons. The van der Waals surface area contributed by atoms with E-state index in [9.17, 15) is 8.42 Å². The Bertz CT molecular complexity index is 1250. The second kappa shape index (κ2) is 10.3. The van der Waals surface area contributed by atoms with Crippen LogP contribution in [0.15, 0.2) is 41.6 Å². The Morgan fingerprint density at radius 1 is 1.15 bits per heavy atom. The number of anilines is 1. The lowest BCUT2D eigenvalue weighted by Crippen LogP contribution is -2.38. The van der Waals surface area contributed by atoms with Crippen molar-refractivity contribution in [2.45, 2.75) is 4.90 Å². The van der Waals surface area contributed by atoms with Crippen LogP contribution in [0, 0.1) is 0 Å². The van der Waals surface area contributed by atoms with Crippen LogP contribution in [0.3, 0.4) is 0 Å². The minimum Gasteiger partial charge on any atom is -0.493 e. The Labute approximate surface area is 201 Å². The van der Waals surface area contributed by atoms with Crippen LogP contribution in [-0.4, -0.2) is 69.9 Å². The zero-order valence-electron chi connectivity index (χ0n) is 17.8. The van der Waals surface area contributed by atoms with Gasteiger partial charge in [-0.3, -0.25) is 9.62 Å². The van der Waals surface area contributed by atoms with Crippen molar-refractivity contribution in [3.8, 4) is 11.5 Å². The van der Waals surface area contributed by atoms with Crippen molar-refractivity contribution < 1.29 is 22.6 Å². The molecule has 0 spiro atoms. The topological polar surface area (TPSA) is 103 Å². The summed E-state index contributed by atoms with van der Waals surface area (Å²) in [4.78, 5) is 10.5. The van der Waals surface area contributed by atoms with Gasteiger partial charge in [0.25, 0.3) is 10.0 Å². The van der Waals surface area contributed by atoms with Crippen molar-refractivity contribution in [2.75, 3.05) is 51.3 Å². The number of fused-ring (bicyclic) bond motifs is 1. The fraction of sp³-hybridized carbons (Fsp3) is 0.333. The molecule has 0 atom stereocenters. The number of aromatic nitrogens is 2. The maximum absolute atomic E-state index is 12.9. The monoisotopic (exact) mass is 512 g/mol. The van der Waals surface area contributed by atoms with Gasteiger partial charge in [-0.2, -0.15) is 0 Å². The van der Waals surface area contributed by atoms with Gasteiger partial charge in [-0.1, -0.05) is 29.3 Å². The number of nitrogens with one attached hydrogen (secondary N) is 1. The number of methoxy groups -OCH3 is 1. The highest BCUT2D eigenvalue weighted by Crippen LogP contribution is 2.35. The first-order valence-corrected chi connectivity index (χ1v) is 12.4. The lowest BCUT2D eigenvalue weighted by Gasteiger charge is -2.26. The first-order chi connectivity index (χ1) is 15.9. The molecule has 1 N–H and O–H groups in total. The third kappa shape index (κ3) is 5.42. The fourth-order valence-electron chi connectivity index (χ4n) is 3.40. The van der Waals surface area contributed by atoms with Crippen LogP contribution >= 0.6 is 23.2 Å². The average Bonchev–Trinajstić information content (AvgIpc) is 2.81. The summed E-state index contributed by atoms with van der Waals surface area (Å²) < 4.78 is 45.1. The highest BCUT2D eigenvalue weighted by atomic mass is 35.5. The summed E-state index contributed by atoms with van der Waals surface area (Å²) in [5, 5.41) is 0.503. The van der Waals surface area contributed by atoms with Gasteiger partial charge >= 0.3 is 0 Å². The van der Waals surface area contributed by atoms with Gasteiger partial charge in [-0.05, 0) is 18.2 Å². The van der Waals surface area contributed by atoms with Crippen molar-refractivity contribution in [1.29, 1.82) is 0 Å². The molecule has 0 amide bonds. The summed E-state index contributed by atoms with van der Waals surface area (Å²) in [5.74, 6) is 1.01. The van der Waals surface area contributed by atoms with E-state index < -0.39 is 10.0 Å². The summed E-state index contributed by atoms with van der Waals surface area (Å²) in [6, 6.07) is 7.70. The predicted octanol–water partition coefficient (Wildman–Crippen LogP) is 3.46. The lowest BCUT2D eigenvalue weighted by atomic mass is 10.2. The van der Waals surface area contributed by atoms with Gasteiger partial charge in [-0.25, -0.2) is 18.4 Å². The van der Waals surface area contributed by atoms with Gasteiger partial charge < -0.3 is 14.2 Å². The standard InChI is InChI=1S/C21H22Cl2N4O5S/c1-30-17-11-14-16(12-18(17)32-10-7-27-5-8-31-9-6-27)24-13-25-21(14)26-33(28,29)19-4-2-3-15(22)20(19)23/h2-4,11-13H,5-10H2,1H3,(H,24,25,26). The molecule has 1 fully saturated rings. The first-order valence-electron chi connectivity index (χ1n) is 10.1. The Morgan fingerprint density at radius 2 is 1.94 bits per heavy atom. The number of nitrogens with zero attached hydrogens (tertiary/aromatic N) is 3. The summed E-state index contributed by atoms with van der Waals surface area (Å²) in [6.45, 7) is 4.38. The molecule has 2 aromatic carbocycles. The van der Waals surface area contributed by atoms with E-state index in [0.29, 0.717) is 29.0 Å². The van der Waals surface area contributed by atoms with Crippen molar-refractivity contribution in [3.63, 3.8) is 0 Å². The van der Waals surface area contributed by atoms with E-state index in [-0.39, 0.29) is 20.8 Å². The van der Waals surface area contributed by atoms with E-state index in [1.807, 2.05) is 0 Å². The normalized spacial score (nSPS) is 14.9. The first kappa shape index (κ1) is 23.8. The van der Waals surface area contributed by atoms with Gasteiger partial charge in [0.2, 0.25) is 0 Å². The van der Waals surface area contributed by atoms with E-state index >= 15 is 0 Å². The Morgan fingerprint density at radius 3 is 2.70 bits per heavy atom. The Balaban J connectivity index is 1.59. The van der Waals surface area contributed by atoms with Gasteiger partial charge in [0.05, 0.1) is 35.9 Å². The van der Waals surface area contributed by atoms with Crippen LogP contribution in [0.4, 0.5) is 5.82 Å². The molecule has 1 saturated heterocycles. The molecule has 1 aliphatic rings. The van der Waals surface area contributed by atoms with Crippen LogP contribution in [0.5, 0.6) is 11.5 Å². The second-order valence-corrected chi connectivity index (χ2v) is 9.64. The molecule has 176 valence electrons. The van der Waals surface area contributed by atoms with Crippen LogP contribution in [0.25, 0.3) is 10.9 Å². The van der Waals surface area contributed by atoms with Crippen molar-refractivity contribution in [3.05, 3.63) is 46.7 Å². The molecule has 1 aromatic heterocycles. The third-order valence-corrected chi connectivity index (χ3v) is 7.44.